The van der Waals surface area contributed by atoms with Gasteiger partial charge >= 0.3 is 0 Å². The van der Waals surface area contributed by atoms with Gasteiger partial charge in [0.2, 0.25) is 0 Å². The maximum atomic E-state index is 3.53. The second-order valence-electron chi connectivity index (χ2n) is 5.77. The fourth-order valence-corrected chi connectivity index (χ4v) is 3.49. The van der Waals surface area contributed by atoms with Crippen LogP contribution in [0.25, 0.3) is 0 Å². The average Bonchev–Trinajstić information content (AvgIpc) is 2.54. The van der Waals surface area contributed by atoms with Crippen LogP contribution in [0.4, 0.5) is 11.4 Å². The van der Waals surface area contributed by atoms with Crippen molar-refractivity contribution >= 4 is 11.4 Å². The molecule has 2 aromatic carbocycles. The summed E-state index contributed by atoms with van der Waals surface area (Å²) >= 11 is 0. The van der Waals surface area contributed by atoms with Crippen LogP contribution in [0.15, 0.2) is 42.5 Å². The highest BCUT2D eigenvalue weighted by Gasteiger charge is 2.20. The van der Waals surface area contributed by atoms with E-state index in [-0.39, 0.29) is 0 Å². The molecule has 2 heterocycles. The Morgan fingerprint density at radius 1 is 0.900 bits per heavy atom. The summed E-state index contributed by atoms with van der Waals surface area (Å²) in [5.74, 6) is 0. The normalized spacial score (nSPS) is 17.1. The Balaban J connectivity index is 1.70. The lowest BCUT2D eigenvalue weighted by Gasteiger charge is -2.34. The molecule has 0 aliphatic carbocycles. The van der Waals surface area contributed by atoms with Crippen LogP contribution in [0.5, 0.6) is 0 Å². The second kappa shape index (κ2) is 4.86. The molecule has 0 aromatic heterocycles. The Morgan fingerprint density at radius 3 is 2.75 bits per heavy atom. The monoisotopic (exact) mass is 264 g/mol. The van der Waals surface area contributed by atoms with Gasteiger partial charge in [-0.2, -0.15) is 0 Å². The van der Waals surface area contributed by atoms with E-state index in [0.29, 0.717) is 0 Å². The van der Waals surface area contributed by atoms with Crippen LogP contribution in [0.1, 0.15) is 23.1 Å². The molecular formula is C18H20N2. The zero-order valence-electron chi connectivity index (χ0n) is 11.7. The molecule has 2 aliphatic heterocycles. The van der Waals surface area contributed by atoms with Crippen molar-refractivity contribution in [1.29, 1.82) is 0 Å². The molecule has 2 nitrogen and oxygen atoms in total. The van der Waals surface area contributed by atoms with Gasteiger partial charge in [-0.15, -0.1) is 0 Å². The lowest BCUT2D eigenvalue weighted by molar-refractivity contribution is 0.721. The Morgan fingerprint density at radius 2 is 1.80 bits per heavy atom. The molecule has 0 radical (unpaired) electrons. The number of nitrogens with one attached hydrogen (secondary N) is 1. The fourth-order valence-electron chi connectivity index (χ4n) is 3.49. The minimum Gasteiger partial charge on any atom is -0.385 e. The number of hydrogen-bond donors (Lipinski definition) is 1. The van der Waals surface area contributed by atoms with E-state index >= 15 is 0 Å². The van der Waals surface area contributed by atoms with Crippen LogP contribution in [0.2, 0.25) is 0 Å². The fraction of sp³-hybridized carbons (Fsp3) is 0.333. The van der Waals surface area contributed by atoms with Crippen molar-refractivity contribution in [2.75, 3.05) is 23.3 Å². The summed E-state index contributed by atoms with van der Waals surface area (Å²) in [5, 5.41) is 3.53. The molecule has 0 fully saturated rings. The van der Waals surface area contributed by atoms with E-state index in [9.17, 15) is 0 Å². The largest absolute Gasteiger partial charge is 0.385 e. The van der Waals surface area contributed by atoms with Gasteiger partial charge in [0.25, 0.3) is 0 Å². The second-order valence-corrected chi connectivity index (χ2v) is 5.77. The van der Waals surface area contributed by atoms with Crippen LogP contribution in [0.3, 0.4) is 0 Å². The standard InChI is InChI=1S/C18H20N2/c1-2-6-15-13-20(12-10-14(15)5-1)18-9-3-8-17-16(18)7-4-11-19-17/h1-3,5-6,8-9,19H,4,7,10-13H2. The van der Waals surface area contributed by atoms with Crippen molar-refractivity contribution in [2.45, 2.75) is 25.8 Å². The van der Waals surface area contributed by atoms with Gasteiger partial charge in [0.1, 0.15) is 0 Å². The molecule has 1 N–H and O–H groups in total. The van der Waals surface area contributed by atoms with Gasteiger partial charge in [0.05, 0.1) is 0 Å². The number of nitrogens with zero attached hydrogens (tertiary/aromatic N) is 1. The molecule has 2 heteroatoms. The van der Waals surface area contributed by atoms with Gasteiger partial charge in [-0.3, -0.25) is 0 Å². The van der Waals surface area contributed by atoms with Crippen molar-refractivity contribution in [1.82, 2.24) is 0 Å². The minimum atomic E-state index is 1.05. The molecular weight excluding hydrogens is 244 g/mol. The molecule has 4 rings (SSSR count). The minimum absolute atomic E-state index is 1.05. The third-order valence-corrected chi connectivity index (χ3v) is 4.54. The summed E-state index contributed by atoms with van der Waals surface area (Å²) in [6.45, 7) is 3.29. The summed E-state index contributed by atoms with van der Waals surface area (Å²) in [5.41, 5.74) is 7.29. The van der Waals surface area contributed by atoms with Crippen molar-refractivity contribution in [2.24, 2.45) is 0 Å². The van der Waals surface area contributed by atoms with E-state index in [2.05, 4.69) is 52.7 Å². The third kappa shape index (κ3) is 1.96. The van der Waals surface area contributed by atoms with E-state index in [1.54, 1.807) is 0 Å². The smallest absolute Gasteiger partial charge is 0.0432 e. The zero-order valence-corrected chi connectivity index (χ0v) is 11.7. The van der Waals surface area contributed by atoms with E-state index < -0.39 is 0 Å². The maximum absolute atomic E-state index is 3.53. The first-order chi connectivity index (χ1) is 9.92. The number of fused-ring (bicyclic) bond motifs is 2. The molecule has 0 bridgehead atoms. The molecule has 102 valence electrons. The molecule has 0 saturated carbocycles. The first kappa shape index (κ1) is 11.8. The van der Waals surface area contributed by atoms with Gasteiger partial charge in [-0.25, -0.2) is 0 Å². The average molecular weight is 264 g/mol. The van der Waals surface area contributed by atoms with E-state index in [4.69, 9.17) is 0 Å². The number of rotatable bonds is 1. The Labute approximate surface area is 120 Å². The Bertz CT molecular complexity index is 633. The summed E-state index contributed by atoms with van der Waals surface area (Å²) in [6, 6.07) is 15.6. The maximum Gasteiger partial charge on any atom is 0.0432 e. The van der Waals surface area contributed by atoms with E-state index in [1.807, 2.05) is 0 Å². The first-order valence-electron chi connectivity index (χ1n) is 7.59. The van der Waals surface area contributed by atoms with E-state index in [1.165, 1.54) is 40.9 Å². The van der Waals surface area contributed by atoms with Crippen LogP contribution in [-0.4, -0.2) is 13.1 Å². The predicted octanol–water partition coefficient (Wildman–Crippen LogP) is 3.61. The molecule has 0 unspecified atom stereocenters. The molecule has 0 saturated heterocycles. The molecule has 0 spiro atoms. The highest BCUT2D eigenvalue weighted by Crippen LogP contribution is 2.34. The molecule has 0 amide bonds. The van der Waals surface area contributed by atoms with Gasteiger partial charge < -0.3 is 10.2 Å². The van der Waals surface area contributed by atoms with Crippen LogP contribution in [-0.2, 0) is 19.4 Å². The highest BCUT2D eigenvalue weighted by atomic mass is 15.1. The lowest BCUT2D eigenvalue weighted by Crippen LogP contribution is -2.31. The highest BCUT2D eigenvalue weighted by molar-refractivity contribution is 5.68. The summed E-state index contributed by atoms with van der Waals surface area (Å²) < 4.78 is 0. The van der Waals surface area contributed by atoms with Crippen molar-refractivity contribution < 1.29 is 0 Å². The van der Waals surface area contributed by atoms with Crippen molar-refractivity contribution in [3.05, 3.63) is 59.2 Å². The van der Waals surface area contributed by atoms with Gasteiger partial charge in [0.15, 0.2) is 0 Å². The van der Waals surface area contributed by atoms with Gasteiger partial charge in [-0.05, 0) is 48.1 Å². The summed E-state index contributed by atoms with van der Waals surface area (Å²) in [6.07, 6.45) is 3.61. The van der Waals surface area contributed by atoms with E-state index in [0.717, 1.165) is 26.1 Å². The summed E-state index contributed by atoms with van der Waals surface area (Å²) in [4.78, 5) is 2.55. The predicted molar refractivity (Wildman–Crippen MR) is 84.4 cm³/mol. The quantitative estimate of drug-likeness (QED) is 0.846. The number of hydrogen-bond acceptors (Lipinski definition) is 2. The first-order valence-corrected chi connectivity index (χ1v) is 7.59. The molecule has 2 aliphatic rings. The van der Waals surface area contributed by atoms with Crippen LogP contribution < -0.4 is 10.2 Å². The SMILES string of the molecule is c1ccc2c(c1)CCN(c1cccc3c1CCCN3)C2. The van der Waals surface area contributed by atoms with Crippen LogP contribution >= 0.6 is 0 Å². The van der Waals surface area contributed by atoms with Crippen molar-refractivity contribution in [3.8, 4) is 0 Å². The third-order valence-electron chi connectivity index (χ3n) is 4.54. The molecule has 0 atom stereocenters. The van der Waals surface area contributed by atoms with Gasteiger partial charge in [0, 0.05) is 31.0 Å². The molecule has 20 heavy (non-hydrogen) atoms. The summed E-state index contributed by atoms with van der Waals surface area (Å²) in [7, 11) is 0. The lowest BCUT2D eigenvalue weighted by atomic mass is 9.96. The Hall–Kier alpha value is -1.96. The van der Waals surface area contributed by atoms with Crippen molar-refractivity contribution in [3.63, 3.8) is 0 Å². The topological polar surface area (TPSA) is 15.3 Å². The molecule has 2 aromatic rings. The van der Waals surface area contributed by atoms with Gasteiger partial charge in [-0.1, -0.05) is 30.3 Å². The number of benzene rings is 2. The zero-order chi connectivity index (χ0) is 13.4. The Kier molecular flexibility index (Phi) is 2.87. The van der Waals surface area contributed by atoms with Crippen LogP contribution in [0, 0.1) is 0 Å². The number of anilines is 2.